The Labute approximate surface area is 130 Å². The third-order valence-corrected chi connectivity index (χ3v) is 3.57. The molecule has 0 aliphatic heterocycles. The fourth-order valence-electron chi connectivity index (χ4n) is 2.45. The van der Waals surface area contributed by atoms with Crippen molar-refractivity contribution in [2.45, 2.75) is 6.92 Å². The number of hydrogen-bond acceptors (Lipinski definition) is 5. The number of halogens is 1. The molecule has 7 heteroatoms. The molecule has 0 radical (unpaired) electrons. The molecule has 0 aliphatic carbocycles. The summed E-state index contributed by atoms with van der Waals surface area (Å²) >= 11 is 0. The van der Waals surface area contributed by atoms with Crippen LogP contribution in [0.4, 0.5) is 21.5 Å². The zero-order chi connectivity index (χ0) is 16.6. The Bertz CT molecular complexity index is 905. The molecule has 0 aliphatic rings. The number of furan rings is 1. The van der Waals surface area contributed by atoms with Crippen LogP contribution in [0.2, 0.25) is 0 Å². The highest BCUT2D eigenvalue weighted by Gasteiger charge is 2.21. The van der Waals surface area contributed by atoms with Gasteiger partial charge in [-0.05, 0) is 31.2 Å². The second-order valence-corrected chi connectivity index (χ2v) is 5.00. The van der Waals surface area contributed by atoms with Crippen molar-refractivity contribution in [2.24, 2.45) is 0 Å². The summed E-state index contributed by atoms with van der Waals surface area (Å²) in [4.78, 5) is 11.6. The number of nitrogen functional groups attached to an aromatic ring is 1. The van der Waals surface area contributed by atoms with Crippen molar-refractivity contribution < 1.29 is 18.8 Å². The molecule has 0 atom stereocenters. The monoisotopic (exact) mass is 315 g/mol. The van der Waals surface area contributed by atoms with Crippen LogP contribution in [-0.2, 0) is 0 Å². The third-order valence-electron chi connectivity index (χ3n) is 3.57. The number of nitrogens with one attached hydrogen (secondary N) is 2. The number of para-hydroxylation sites is 2. The summed E-state index contributed by atoms with van der Waals surface area (Å²) in [6.07, 6.45) is 0. The number of benzene rings is 2. The lowest BCUT2D eigenvalue weighted by Crippen LogP contribution is -2.18. The van der Waals surface area contributed by atoms with E-state index in [2.05, 4.69) is 5.32 Å². The zero-order valence-corrected chi connectivity index (χ0v) is 12.2. The Hall–Kier alpha value is -3.06. The second-order valence-electron chi connectivity index (χ2n) is 5.00. The van der Waals surface area contributed by atoms with Gasteiger partial charge in [0.05, 0.1) is 22.4 Å². The van der Waals surface area contributed by atoms with Crippen molar-refractivity contribution in [3.05, 3.63) is 53.5 Å². The van der Waals surface area contributed by atoms with Crippen LogP contribution >= 0.6 is 0 Å². The minimum Gasteiger partial charge on any atom is -0.450 e. The van der Waals surface area contributed by atoms with Crippen molar-refractivity contribution in [3.63, 3.8) is 0 Å². The highest BCUT2D eigenvalue weighted by molar-refractivity contribution is 6.03. The maximum Gasteiger partial charge on any atom is 0.310 e. The number of carbonyl (C=O) groups is 1. The van der Waals surface area contributed by atoms with Gasteiger partial charge in [-0.25, -0.2) is 9.87 Å². The largest absolute Gasteiger partial charge is 0.450 e. The van der Waals surface area contributed by atoms with E-state index in [1.54, 1.807) is 31.2 Å². The van der Waals surface area contributed by atoms with Gasteiger partial charge >= 0.3 is 5.91 Å². The van der Waals surface area contributed by atoms with Crippen LogP contribution in [0, 0.1) is 12.7 Å². The number of carbonyl (C=O) groups excluding carboxylic acids is 1. The first kappa shape index (κ1) is 14.9. The number of hydroxylamine groups is 1. The quantitative estimate of drug-likeness (QED) is 0.337. The molecule has 3 rings (SSSR count). The fourth-order valence-corrected chi connectivity index (χ4v) is 2.45. The lowest BCUT2D eigenvalue weighted by molar-refractivity contribution is 0.0677. The molecule has 23 heavy (non-hydrogen) atoms. The molecule has 1 heterocycles. The Kier molecular flexibility index (Phi) is 3.63. The molecule has 1 amide bonds. The second kappa shape index (κ2) is 5.62. The van der Waals surface area contributed by atoms with Crippen molar-refractivity contribution in [1.82, 2.24) is 5.48 Å². The van der Waals surface area contributed by atoms with Gasteiger partial charge in [0.2, 0.25) is 0 Å². The van der Waals surface area contributed by atoms with Crippen molar-refractivity contribution >= 4 is 33.9 Å². The summed E-state index contributed by atoms with van der Waals surface area (Å²) in [7, 11) is 0. The van der Waals surface area contributed by atoms with Crippen molar-refractivity contribution in [1.29, 1.82) is 0 Å². The predicted molar refractivity (Wildman–Crippen MR) is 84.3 cm³/mol. The summed E-state index contributed by atoms with van der Waals surface area (Å²) in [5.41, 5.74) is 9.25. The topological polar surface area (TPSA) is 101 Å². The van der Waals surface area contributed by atoms with Gasteiger partial charge in [0, 0.05) is 5.56 Å². The molecule has 0 spiro atoms. The average molecular weight is 315 g/mol. The van der Waals surface area contributed by atoms with Crippen LogP contribution in [-0.4, -0.2) is 11.1 Å². The van der Waals surface area contributed by atoms with E-state index >= 15 is 0 Å². The molecule has 118 valence electrons. The van der Waals surface area contributed by atoms with Gasteiger partial charge in [0.15, 0.2) is 5.76 Å². The molecule has 0 saturated heterocycles. The van der Waals surface area contributed by atoms with Crippen molar-refractivity contribution in [2.75, 3.05) is 11.1 Å². The average Bonchev–Trinajstić information content (AvgIpc) is 2.88. The fraction of sp³-hybridized carbons (Fsp3) is 0.0625. The lowest BCUT2D eigenvalue weighted by Gasteiger charge is -2.11. The zero-order valence-electron chi connectivity index (χ0n) is 12.2. The molecule has 3 aromatic rings. The molecule has 5 N–H and O–H groups in total. The van der Waals surface area contributed by atoms with Gasteiger partial charge in [0.1, 0.15) is 11.4 Å². The minimum atomic E-state index is -0.802. The first-order valence-electron chi connectivity index (χ1n) is 6.80. The normalized spacial score (nSPS) is 10.7. The Morgan fingerprint density at radius 2 is 2.00 bits per heavy atom. The highest BCUT2D eigenvalue weighted by atomic mass is 19.1. The van der Waals surface area contributed by atoms with Gasteiger partial charge in [-0.3, -0.25) is 10.0 Å². The Morgan fingerprint density at radius 3 is 2.70 bits per heavy atom. The van der Waals surface area contributed by atoms with Gasteiger partial charge in [-0.1, -0.05) is 12.1 Å². The standard InChI is InChI=1S/C16H14FN3O3/c1-8-13-12(23-15(8)16(21)20-22)7-6-9(17)14(13)19-11-5-3-2-4-10(11)18/h2-7,19,22H,18H2,1H3,(H,20,21). The first-order chi connectivity index (χ1) is 11.0. The van der Waals surface area contributed by atoms with E-state index in [0.29, 0.717) is 27.9 Å². The molecular formula is C16H14FN3O3. The number of aryl methyl sites for hydroxylation is 1. The summed E-state index contributed by atoms with van der Waals surface area (Å²) in [6, 6.07) is 9.59. The molecule has 0 fully saturated rings. The van der Waals surface area contributed by atoms with E-state index in [1.807, 2.05) is 0 Å². The van der Waals surface area contributed by atoms with Crippen LogP contribution in [0.3, 0.4) is 0 Å². The summed E-state index contributed by atoms with van der Waals surface area (Å²) < 4.78 is 19.7. The number of anilines is 3. The molecule has 1 aromatic heterocycles. The summed E-state index contributed by atoms with van der Waals surface area (Å²) in [5, 5.41) is 12.1. The van der Waals surface area contributed by atoms with E-state index < -0.39 is 11.7 Å². The third kappa shape index (κ3) is 2.47. The van der Waals surface area contributed by atoms with E-state index in [1.165, 1.54) is 17.6 Å². The Balaban J connectivity index is 2.20. The maximum atomic E-state index is 14.3. The summed E-state index contributed by atoms with van der Waals surface area (Å²) in [6.45, 7) is 1.61. The first-order valence-corrected chi connectivity index (χ1v) is 6.80. The van der Waals surface area contributed by atoms with Crippen LogP contribution in [0.1, 0.15) is 16.1 Å². The molecule has 6 nitrogen and oxygen atoms in total. The number of rotatable bonds is 3. The molecular weight excluding hydrogens is 301 g/mol. The van der Waals surface area contributed by atoms with E-state index in [4.69, 9.17) is 15.4 Å². The number of nitrogens with two attached hydrogens (primary N) is 1. The Morgan fingerprint density at radius 1 is 1.26 bits per heavy atom. The van der Waals surface area contributed by atoms with Gasteiger partial charge in [0.25, 0.3) is 0 Å². The number of fused-ring (bicyclic) bond motifs is 1. The number of hydrogen-bond donors (Lipinski definition) is 4. The van der Waals surface area contributed by atoms with Crippen molar-refractivity contribution in [3.8, 4) is 0 Å². The van der Waals surface area contributed by atoms with Crippen LogP contribution in [0.15, 0.2) is 40.8 Å². The van der Waals surface area contributed by atoms with E-state index in [-0.39, 0.29) is 11.4 Å². The van der Waals surface area contributed by atoms with Crippen LogP contribution in [0.25, 0.3) is 11.0 Å². The smallest absolute Gasteiger partial charge is 0.310 e. The van der Waals surface area contributed by atoms with E-state index in [9.17, 15) is 9.18 Å². The molecule has 0 saturated carbocycles. The molecule has 0 unspecified atom stereocenters. The van der Waals surface area contributed by atoms with E-state index in [0.717, 1.165) is 0 Å². The number of amides is 1. The van der Waals surface area contributed by atoms with Crippen LogP contribution < -0.4 is 16.5 Å². The SMILES string of the molecule is Cc1c(C(=O)NO)oc2ccc(F)c(Nc3ccccc3N)c12. The van der Waals surface area contributed by atoms with Crippen LogP contribution in [0.5, 0.6) is 0 Å². The highest BCUT2D eigenvalue weighted by Crippen LogP contribution is 2.36. The molecule has 0 bridgehead atoms. The van der Waals surface area contributed by atoms with Gasteiger partial charge < -0.3 is 15.5 Å². The maximum absolute atomic E-state index is 14.3. The summed E-state index contributed by atoms with van der Waals surface area (Å²) in [5.74, 6) is -1.40. The predicted octanol–water partition coefficient (Wildman–Crippen LogP) is 3.33. The molecule has 2 aromatic carbocycles. The minimum absolute atomic E-state index is 0.0859. The lowest BCUT2D eigenvalue weighted by atomic mass is 10.1. The van der Waals surface area contributed by atoms with Gasteiger partial charge in [-0.15, -0.1) is 0 Å². The van der Waals surface area contributed by atoms with Gasteiger partial charge in [-0.2, -0.15) is 0 Å².